The molecule has 0 aromatic carbocycles. The van der Waals surface area contributed by atoms with E-state index in [4.69, 9.17) is 4.74 Å². The smallest absolute Gasteiger partial charge is 0.217 e. The van der Waals surface area contributed by atoms with Crippen LogP contribution in [0.3, 0.4) is 0 Å². The fraction of sp³-hybridized carbons (Fsp3) is 1.00. The van der Waals surface area contributed by atoms with Gasteiger partial charge in [-0.3, -0.25) is 0 Å². The number of piperazine rings is 1. The minimum absolute atomic E-state index is 0.230. The van der Waals surface area contributed by atoms with Gasteiger partial charge in [-0.2, -0.15) is 4.31 Å². The van der Waals surface area contributed by atoms with Crippen molar-refractivity contribution in [1.82, 2.24) is 9.62 Å². The molecule has 2 saturated heterocycles. The Balaban J connectivity index is 2.08. The van der Waals surface area contributed by atoms with Crippen molar-refractivity contribution < 1.29 is 13.2 Å². The van der Waals surface area contributed by atoms with Gasteiger partial charge in [-0.15, -0.1) is 0 Å². The van der Waals surface area contributed by atoms with Crippen molar-refractivity contribution in [1.29, 1.82) is 0 Å². The van der Waals surface area contributed by atoms with E-state index in [1.807, 2.05) is 13.8 Å². The molecule has 0 bridgehead atoms. The van der Waals surface area contributed by atoms with E-state index in [9.17, 15) is 8.42 Å². The molecule has 6 heteroatoms. The third-order valence-corrected chi connectivity index (χ3v) is 5.81. The molecule has 0 aromatic heterocycles. The molecule has 2 unspecified atom stereocenters. The van der Waals surface area contributed by atoms with Gasteiger partial charge in [-0.05, 0) is 26.7 Å². The molecule has 0 saturated carbocycles. The Hall–Kier alpha value is -0.170. The molecular weight excluding hydrogens is 240 g/mol. The standard InChI is InChI=1S/C11H22N2O3S/c1-9-7-13(8-10(2)12-9)17(14,15)11-3-5-16-6-4-11/h9-12H,3-8H2,1-2H3. The average Bonchev–Trinajstić information content (AvgIpc) is 2.29. The molecule has 2 atom stereocenters. The predicted molar refractivity (Wildman–Crippen MR) is 66.4 cm³/mol. The molecule has 0 spiro atoms. The molecule has 2 rings (SSSR count). The number of ether oxygens (including phenoxy) is 1. The van der Waals surface area contributed by atoms with Gasteiger partial charge < -0.3 is 10.1 Å². The first kappa shape index (κ1) is 13.3. The van der Waals surface area contributed by atoms with Crippen molar-refractivity contribution in [3.8, 4) is 0 Å². The van der Waals surface area contributed by atoms with Gasteiger partial charge in [0.05, 0.1) is 5.25 Å². The lowest BCUT2D eigenvalue weighted by Gasteiger charge is -2.37. The molecule has 2 heterocycles. The van der Waals surface area contributed by atoms with Crippen molar-refractivity contribution in [2.75, 3.05) is 26.3 Å². The molecule has 2 fully saturated rings. The number of hydrogen-bond acceptors (Lipinski definition) is 4. The first-order valence-corrected chi connectivity index (χ1v) is 7.83. The summed E-state index contributed by atoms with van der Waals surface area (Å²) in [6, 6.07) is 0.460. The molecular formula is C11H22N2O3S. The summed E-state index contributed by atoms with van der Waals surface area (Å²) in [4.78, 5) is 0. The first-order chi connectivity index (χ1) is 8.00. The normalized spacial score (nSPS) is 33.8. The van der Waals surface area contributed by atoms with Crippen LogP contribution >= 0.6 is 0 Å². The second-order valence-corrected chi connectivity index (χ2v) is 7.36. The number of nitrogens with zero attached hydrogens (tertiary/aromatic N) is 1. The molecule has 0 amide bonds. The van der Waals surface area contributed by atoms with Gasteiger partial charge in [0.2, 0.25) is 10.0 Å². The Bertz CT molecular complexity index is 342. The summed E-state index contributed by atoms with van der Waals surface area (Å²) < 4.78 is 31.8. The van der Waals surface area contributed by atoms with Crippen molar-refractivity contribution in [2.45, 2.75) is 44.0 Å². The summed E-state index contributed by atoms with van der Waals surface area (Å²) in [6.07, 6.45) is 1.27. The topological polar surface area (TPSA) is 58.6 Å². The second-order valence-electron chi connectivity index (χ2n) is 5.14. The highest BCUT2D eigenvalue weighted by Gasteiger charge is 2.36. The number of nitrogens with one attached hydrogen (secondary N) is 1. The van der Waals surface area contributed by atoms with E-state index in [1.54, 1.807) is 4.31 Å². The van der Waals surface area contributed by atoms with Gasteiger partial charge in [-0.1, -0.05) is 0 Å². The van der Waals surface area contributed by atoms with Crippen LogP contribution < -0.4 is 5.32 Å². The Morgan fingerprint density at radius 3 is 2.18 bits per heavy atom. The maximum Gasteiger partial charge on any atom is 0.217 e. The van der Waals surface area contributed by atoms with Crippen LogP contribution in [0.2, 0.25) is 0 Å². The Kier molecular flexibility index (Phi) is 4.07. The fourth-order valence-electron chi connectivity index (χ4n) is 2.67. The van der Waals surface area contributed by atoms with Crippen LogP contribution in [0.15, 0.2) is 0 Å². The zero-order valence-corrected chi connectivity index (χ0v) is 11.4. The van der Waals surface area contributed by atoms with E-state index in [1.165, 1.54) is 0 Å². The molecule has 1 N–H and O–H groups in total. The molecule has 2 aliphatic heterocycles. The summed E-state index contributed by atoms with van der Waals surface area (Å²) >= 11 is 0. The lowest BCUT2D eigenvalue weighted by Crippen LogP contribution is -2.57. The molecule has 0 radical (unpaired) electrons. The van der Waals surface area contributed by atoms with Crippen LogP contribution in [0.5, 0.6) is 0 Å². The molecule has 0 aliphatic carbocycles. The van der Waals surface area contributed by atoms with Gasteiger partial charge in [0.15, 0.2) is 0 Å². The second kappa shape index (κ2) is 5.22. The lowest BCUT2D eigenvalue weighted by molar-refractivity contribution is 0.0967. The Labute approximate surface area is 104 Å². The van der Waals surface area contributed by atoms with Crippen LogP contribution in [0.4, 0.5) is 0 Å². The van der Waals surface area contributed by atoms with E-state index in [-0.39, 0.29) is 17.3 Å². The van der Waals surface area contributed by atoms with Crippen LogP contribution in [0, 0.1) is 0 Å². The molecule has 0 aromatic rings. The summed E-state index contributed by atoms with van der Waals surface area (Å²) in [5.74, 6) is 0. The minimum Gasteiger partial charge on any atom is -0.381 e. The molecule has 5 nitrogen and oxygen atoms in total. The Morgan fingerprint density at radius 2 is 1.65 bits per heavy atom. The van der Waals surface area contributed by atoms with Crippen molar-refractivity contribution in [3.05, 3.63) is 0 Å². The van der Waals surface area contributed by atoms with Crippen molar-refractivity contribution in [3.63, 3.8) is 0 Å². The van der Waals surface area contributed by atoms with Gasteiger partial charge in [-0.25, -0.2) is 8.42 Å². The van der Waals surface area contributed by atoms with E-state index in [0.717, 1.165) is 0 Å². The molecule has 17 heavy (non-hydrogen) atoms. The largest absolute Gasteiger partial charge is 0.381 e. The highest BCUT2D eigenvalue weighted by Crippen LogP contribution is 2.21. The number of sulfonamides is 1. The fourth-order valence-corrected chi connectivity index (χ4v) is 4.74. The van der Waals surface area contributed by atoms with Crippen LogP contribution in [0.25, 0.3) is 0 Å². The quantitative estimate of drug-likeness (QED) is 0.771. The highest BCUT2D eigenvalue weighted by atomic mass is 32.2. The maximum atomic E-state index is 12.5. The zero-order valence-electron chi connectivity index (χ0n) is 10.6. The first-order valence-electron chi connectivity index (χ1n) is 6.33. The van der Waals surface area contributed by atoms with E-state index < -0.39 is 10.0 Å². The van der Waals surface area contributed by atoms with Crippen molar-refractivity contribution >= 4 is 10.0 Å². The Morgan fingerprint density at radius 1 is 1.12 bits per heavy atom. The maximum absolute atomic E-state index is 12.5. The van der Waals surface area contributed by atoms with Gasteiger partial charge in [0.1, 0.15) is 0 Å². The lowest BCUT2D eigenvalue weighted by atomic mass is 10.2. The van der Waals surface area contributed by atoms with E-state index in [0.29, 0.717) is 39.1 Å². The summed E-state index contributed by atoms with van der Waals surface area (Å²) in [5.41, 5.74) is 0. The minimum atomic E-state index is -3.14. The van der Waals surface area contributed by atoms with Gasteiger partial charge >= 0.3 is 0 Å². The summed E-state index contributed by atoms with van der Waals surface area (Å²) in [6.45, 7) is 6.38. The third kappa shape index (κ3) is 2.99. The highest BCUT2D eigenvalue weighted by molar-refractivity contribution is 7.89. The van der Waals surface area contributed by atoms with E-state index >= 15 is 0 Å². The monoisotopic (exact) mass is 262 g/mol. The van der Waals surface area contributed by atoms with Crippen LogP contribution in [-0.2, 0) is 14.8 Å². The molecule has 2 aliphatic rings. The number of hydrogen-bond donors (Lipinski definition) is 1. The average molecular weight is 262 g/mol. The SMILES string of the molecule is CC1CN(S(=O)(=O)C2CCOCC2)CC(C)N1. The van der Waals surface area contributed by atoms with Crippen molar-refractivity contribution in [2.24, 2.45) is 0 Å². The van der Waals surface area contributed by atoms with Crippen LogP contribution in [-0.4, -0.2) is 56.4 Å². The molecule has 100 valence electrons. The zero-order chi connectivity index (χ0) is 12.5. The summed E-state index contributed by atoms with van der Waals surface area (Å²) in [5, 5.41) is 3.11. The third-order valence-electron chi connectivity index (χ3n) is 3.47. The summed E-state index contributed by atoms with van der Waals surface area (Å²) in [7, 11) is -3.14. The van der Waals surface area contributed by atoms with Gasteiger partial charge in [0, 0.05) is 38.4 Å². The predicted octanol–water partition coefficient (Wildman–Crippen LogP) is 0.177. The van der Waals surface area contributed by atoms with E-state index in [2.05, 4.69) is 5.32 Å². The van der Waals surface area contributed by atoms with Gasteiger partial charge in [0.25, 0.3) is 0 Å². The van der Waals surface area contributed by atoms with Crippen LogP contribution in [0.1, 0.15) is 26.7 Å². The number of rotatable bonds is 2.